The molecule has 5 heteroatoms. The molecule has 1 N–H and O–H groups in total. The van der Waals surface area contributed by atoms with Gasteiger partial charge >= 0.3 is 6.18 Å². The molecule has 0 aromatic rings. The molecular formula is C12H22F3NO. The van der Waals surface area contributed by atoms with E-state index in [1.165, 1.54) is 0 Å². The van der Waals surface area contributed by atoms with Crippen molar-refractivity contribution in [3.05, 3.63) is 0 Å². The second-order valence-electron chi connectivity index (χ2n) is 4.71. The van der Waals surface area contributed by atoms with Crippen molar-refractivity contribution in [3.8, 4) is 0 Å². The van der Waals surface area contributed by atoms with Gasteiger partial charge in [-0.05, 0) is 45.6 Å². The van der Waals surface area contributed by atoms with Gasteiger partial charge in [0.15, 0.2) is 0 Å². The molecule has 0 aromatic carbocycles. The molecule has 1 fully saturated rings. The third kappa shape index (κ3) is 6.88. The number of ether oxygens (including phenoxy) is 1. The van der Waals surface area contributed by atoms with Crippen LogP contribution in [0.4, 0.5) is 13.2 Å². The van der Waals surface area contributed by atoms with Gasteiger partial charge in [0.05, 0.1) is 6.10 Å². The highest BCUT2D eigenvalue weighted by Gasteiger charge is 2.28. The van der Waals surface area contributed by atoms with Gasteiger partial charge < -0.3 is 10.1 Å². The second-order valence-corrected chi connectivity index (χ2v) is 4.71. The first kappa shape index (κ1) is 14.8. The van der Waals surface area contributed by atoms with Crippen molar-refractivity contribution in [1.29, 1.82) is 0 Å². The summed E-state index contributed by atoms with van der Waals surface area (Å²) < 4.78 is 41.7. The van der Waals surface area contributed by atoms with Crippen molar-refractivity contribution in [2.75, 3.05) is 13.7 Å². The minimum Gasteiger partial charge on any atom is -0.378 e. The number of alkyl halides is 3. The highest BCUT2D eigenvalue weighted by Crippen LogP contribution is 2.24. The van der Waals surface area contributed by atoms with Crippen LogP contribution >= 0.6 is 0 Å². The van der Waals surface area contributed by atoms with E-state index in [0.29, 0.717) is 6.10 Å². The van der Waals surface area contributed by atoms with Crippen LogP contribution in [0.1, 0.15) is 44.9 Å². The molecule has 1 aliphatic rings. The van der Waals surface area contributed by atoms with Gasteiger partial charge in [0, 0.05) is 19.1 Å². The van der Waals surface area contributed by atoms with E-state index in [1.807, 2.05) is 0 Å². The fourth-order valence-corrected chi connectivity index (χ4v) is 2.23. The van der Waals surface area contributed by atoms with E-state index in [-0.39, 0.29) is 12.5 Å². The fourth-order valence-electron chi connectivity index (χ4n) is 2.23. The molecule has 0 spiro atoms. The minimum atomic E-state index is -4.04. The van der Waals surface area contributed by atoms with Gasteiger partial charge in [0.25, 0.3) is 0 Å². The first-order valence-corrected chi connectivity index (χ1v) is 6.37. The van der Waals surface area contributed by atoms with Gasteiger partial charge in [-0.25, -0.2) is 0 Å². The van der Waals surface area contributed by atoms with Crippen molar-refractivity contribution >= 4 is 0 Å². The summed E-state index contributed by atoms with van der Waals surface area (Å²) in [4.78, 5) is 0. The van der Waals surface area contributed by atoms with Gasteiger partial charge in [-0.1, -0.05) is 0 Å². The Morgan fingerprint density at radius 2 is 2.12 bits per heavy atom. The van der Waals surface area contributed by atoms with E-state index in [0.717, 1.165) is 38.7 Å². The Kier molecular flexibility index (Phi) is 6.27. The van der Waals surface area contributed by atoms with Crippen molar-refractivity contribution in [3.63, 3.8) is 0 Å². The van der Waals surface area contributed by atoms with E-state index in [4.69, 9.17) is 4.74 Å². The zero-order chi connectivity index (χ0) is 12.7. The van der Waals surface area contributed by atoms with Gasteiger partial charge in [0.2, 0.25) is 0 Å². The summed E-state index contributed by atoms with van der Waals surface area (Å²) in [6.07, 6.45) is 0.717. The van der Waals surface area contributed by atoms with E-state index in [9.17, 15) is 13.2 Å². The summed E-state index contributed by atoms with van der Waals surface area (Å²) in [6, 6.07) is -0.0296. The fraction of sp³-hybridized carbons (Fsp3) is 1.00. The lowest BCUT2D eigenvalue weighted by atomic mass is 10.0. The van der Waals surface area contributed by atoms with Crippen LogP contribution in [-0.4, -0.2) is 32.0 Å². The Morgan fingerprint density at radius 1 is 1.35 bits per heavy atom. The quantitative estimate of drug-likeness (QED) is 0.752. The molecule has 2 unspecified atom stereocenters. The summed E-state index contributed by atoms with van der Waals surface area (Å²) in [6.45, 7) is 0.841. The predicted octanol–water partition coefficient (Wildman–Crippen LogP) is 3.27. The number of hydrogen-bond donors (Lipinski definition) is 1. The van der Waals surface area contributed by atoms with Crippen LogP contribution in [0.5, 0.6) is 0 Å². The molecule has 2 atom stereocenters. The van der Waals surface area contributed by atoms with Crippen LogP contribution in [0.3, 0.4) is 0 Å². The third-order valence-corrected chi connectivity index (χ3v) is 3.29. The molecule has 0 radical (unpaired) electrons. The Bertz CT molecular complexity index is 202. The highest BCUT2D eigenvalue weighted by atomic mass is 19.4. The third-order valence-electron chi connectivity index (χ3n) is 3.29. The van der Waals surface area contributed by atoms with Gasteiger partial charge in [-0.3, -0.25) is 0 Å². The zero-order valence-corrected chi connectivity index (χ0v) is 10.4. The summed E-state index contributed by atoms with van der Waals surface area (Å²) >= 11 is 0. The van der Waals surface area contributed by atoms with Crippen LogP contribution in [-0.2, 0) is 4.74 Å². The van der Waals surface area contributed by atoms with Gasteiger partial charge in [-0.2, -0.15) is 13.2 Å². The summed E-state index contributed by atoms with van der Waals surface area (Å²) in [5.74, 6) is 0. The molecule has 1 heterocycles. The van der Waals surface area contributed by atoms with E-state index < -0.39 is 12.6 Å². The van der Waals surface area contributed by atoms with Crippen LogP contribution in [0.15, 0.2) is 0 Å². The normalized spacial score (nSPS) is 22.9. The van der Waals surface area contributed by atoms with E-state index in [1.54, 1.807) is 7.05 Å². The Balaban J connectivity index is 2.09. The molecule has 0 saturated carbocycles. The number of rotatable bonds is 7. The predicted molar refractivity (Wildman–Crippen MR) is 61.0 cm³/mol. The molecule has 0 aromatic heterocycles. The van der Waals surface area contributed by atoms with Crippen LogP contribution in [0, 0.1) is 0 Å². The summed E-state index contributed by atoms with van der Waals surface area (Å²) in [5.41, 5.74) is 0. The van der Waals surface area contributed by atoms with Gasteiger partial charge in [-0.15, -0.1) is 0 Å². The Morgan fingerprint density at radius 3 is 2.65 bits per heavy atom. The molecule has 1 rings (SSSR count). The van der Waals surface area contributed by atoms with Gasteiger partial charge in [0.1, 0.15) is 0 Å². The lowest BCUT2D eigenvalue weighted by Gasteiger charge is -2.18. The van der Waals surface area contributed by atoms with Crippen molar-refractivity contribution < 1.29 is 17.9 Å². The smallest absolute Gasteiger partial charge is 0.378 e. The van der Waals surface area contributed by atoms with Crippen LogP contribution < -0.4 is 5.32 Å². The molecular weight excluding hydrogens is 231 g/mol. The maximum atomic E-state index is 12.1. The van der Waals surface area contributed by atoms with Crippen molar-refractivity contribution in [2.24, 2.45) is 0 Å². The topological polar surface area (TPSA) is 21.3 Å². The first-order chi connectivity index (χ1) is 8.01. The molecule has 17 heavy (non-hydrogen) atoms. The molecule has 0 amide bonds. The second kappa shape index (κ2) is 7.21. The SMILES string of the molecule is CNC(CCCC1CCCO1)CCC(F)(F)F. The van der Waals surface area contributed by atoms with Crippen LogP contribution in [0.2, 0.25) is 0 Å². The highest BCUT2D eigenvalue weighted by molar-refractivity contribution is 4.70. The van der Waals surface area contributed by atoms with Crippen molar-refractivity contribution in [1.82, 2.24) is 5.32 Å². The zero-order valence-electron chi connectivity index (χ0n) is 10.4. The first-order valence-electron chi connectivity index (χ1n) is 6.37. The number of halogens is 3. The van der Waals surface area contributed by atoms with E-state index >= 15 is 0 Å². The average Bonchev–Trinajstić information content (AvgIpc) is 2.74. The molecule has 0 bridgehead atoms. The lowest BCUT2D eigenvalue weighted by Crippen LogP contribution is -2.27. The Hall–Kier alpha value is -0.290. The molecule has 102 valence electrons. The summed E-state index contributed by atoms with van der Waals surface area (Å²) in [5, 5.41) is 2.96. The van der Waals surface area contributed by atoms with E-state index in [2.05, 4.69) is 5.32 Å². The number of nitrogens with one attached hydrogen (secondary N) is 1. The summed E-state index contributed by atoms with van der Waals surface area (Å²) in [7, 11) is 1.73. The largest absolute Gasteiger partial charge is 0.389 e. The molecule has 0 aliphatic carbocycles. The van der Waals surface area contributed by atoms with Crippen LogP contribution in [0.25, 0.3) is 0 Å². The number of hydrogen-bond acceptors (Lipinski definition) is 2. The lowest BCUT2D eigenvalue weighted by molar-refractivity contribution is -0.136. The average molecular weight is 253 g/mol. The Labute approximate surface area is 101 Å². The minimum absolute atomic E-state index is 0.0296. The molecule has 2 nitrogen and oxygen atoms in total. The van der Waals surface area contributed by atoms with Crippen molar-refractivity contribution in [2.45, 2.75) is 63.3 Å². The molecule has 1 saturated heterocycles. The maximum Gasteiger partial charge on any atom is 0.389 e. The monoisotopic (exact) mass is 253 g/mol. The molecule has 1 aliphatic heterocycles. The standard InChI is InChI=1S/C12H22F3NO/c1-16-10(7-8-12(13,14)15)4-2-5-11-6-3-9-17-11/h10-11,16H,2-9H2,1H3. The maximum absolute atomic E-state index is 12.1.